The Bertz CT molecular complexity index is 610. The van der Waals surface area contributed by atoms with Gasteiger partial charge < -0.3 is 10.6 Å². The Hall–Kier alpha value is -1.64. The summed E-state index contributed by atoms with van der Waals surface area (Å²) >= 11 is 0. The van der Waals surface area contributed by atoms with Crippen molar-refractivity contribution in [1.29, 1.82) is 0 Å². The summed E-state index contributed by atoms with van der Waals surface area (Å²) in [4.78, 5) is 0. The number of rotatable bonds is 2. The molecule has 0 bridgehead atoms. The zero-order valence-electron chi connectivity index (χ0n) is 13.0. The molecule has 2 aromatic carbocycles. The predicted molar refractivity (Wildman–Crippen MR) is 90.7 cm³/mol. The van der Waals surface area contributed by atoms with Gasteiger partial charge in [-0.2, -0.15) is 0 Å². The number of piperidine rings is 1. The normalized spacial score (nSPS) is 31.5. The van der Waals surface area contributed by atoms with Crippen LogP contribution in [0.25, 0.3) is 0 Å². The van der Waals surface area contributed by atoms with Crippen LogP contribution in [0.2, 0.25) is 0 Å². The molecule has 114 valence electrons. The van der Waals surface area contributed by atoms with E-state index in [1.807, 2.05) is 0 Å². The molecule has 2 aromatic rings. The van der Waals surface area contributed by atoms with Gasteiger partial charge in [-0.3, -0.25) is 0 Å². The summed E-state index contributed by atoms with van der Waals surface area (Å²) in [5.74, 6) is 0. The summed E-state index contributed by atoms with van der Waals surface area (Å²) in [6, 6.07) is 22.8. The minimum absolute atomic E-state index is 0.208. The first-order valence-corrected chi connectivity index (χ1v) is 8.48. The average Bonchev–Trinajstić information content (AvgIpc) is 3.01. The van der Waals surface area contributed by atoms with Crippen LogP contribution in [0.3, 0.4) is 0 Å². The highest BCUT2D eigenvalue weighted by Gasteiger charge is 2.46. The number of benzene rings is 2. The standard InChI is InChI=1S/C20H24N2/c1-3-8-16(9-4-1)18-12-14-20(22-18)13-7-15-21-19(20)17-10-5-2-6-11-17/h1-6,8-11,18-19,21-22H,7,12-15H2/t18-,19-,20+/m1/s1. The van der Waals surface area contributed by atoms with Crippen LogP contribution in [0.5, 0.6) is 0 Å². The molecule has 0 aliphatic carbocycles. The Kier molecular flexibility index (Phi) is 3.73. The number of hydrogen-bond donors (Lipinski definition) is 2. The zero-order chi connectivity index (χ0) is 14.8. The topological polar surface area (TPSA) is 24.1 Å². The smallest absolute Gasteiger partial charge is 0.0505 e. The van der Waals surface area contributed by atoms with Gasteiger partial charge in [0, 0.05) is 11.6 Å². The van der Waals surface area contributed by atoms with Gasteiger partial charge in [0.15, 0.2) is 0 Å². The molecule has 0 unspecified atom stereocenters. The van der Waals surface area contributed by atoms with Crippen molar-refractivity contribution in [3.8, 4) is 0 Å². The maximum absolute atomic E-state index is 4.01. The summed E-state index contributed by atoms with van der Waals surface area (Å²) in [5.41, 5.74) is 3.06. The summed E-state index contributed by atoms with van der Waals surface area (Å²) in [7, 11) is 0. The van der Waals surface area contributed by atoms with Crippen molar-refractivity contribution in [2.24, 2.45) is 0 Å². The van der Waals surface area contributed by atoms with Gasteiger partial charge >= 0.3 is 0 Å². The van der Waals surface area contributed by atoms with Crippen LogP contribution in [0.4, 0.5) is 0 Å². The minimum Gasteiger partial charge on any atom is -0.308 e. The van der Waals surface area contributed by atoms with Crippen LogP contribution in [0.1, 0.15) is 48.9 Å². The van der Waals surface area contributed by atoms with Crippen molar-refractivity contribution in [3.63, 3.8) is 0 Å². The Morgan fingerprint density at radius 1 is 0.818 bits per heavy atom. The highest BCUT2D eigenvalue weighted by molar-refractivity contribution is 5.28. The van der Waals surface area contributed by atoms with Gasteiger partial charge in [-0.1, -0.05) is 60.7 Å². The summed E-state index contributed by atoms with van der Waals surface area (Å²) in [5, 5.41) is 7.79. The van der Waals surface area contributed by atoms with Gasteiger partial charge in [-0.05, 0) is 43.4 Å². The largest absolute Gasteiger partial charge is 0.308 e. The van der Waals surface area contributed by atoms with E-state index >= 15 is 0 Å². The lowest BCUT2D eigenvalue weighted by molar-refractivity contribution is 0.197. The minimum atomic E-state index is 0.208. The van der Waals surface area contributed by atoms with Crippen LogP contribution in [0.15, 0.2) is 60.7 Å². The molecule has 2 heteroatoms. The van der Waals surface area contributed by atoms with Gasteiger partial charge in [0.25, 0.3) is 0 Å². The highest BCUT2D eigenvalue weighted by Crippen LogP contribution is 2.44. The number of hydrogen-bond acceptors (Lipinski definition) is 2. The third kappa shape index (κ3) is 2.47. The van der Waals surface area contributed by atoms with Crippen molar-refractivity contribution in [3.05, 3.63) is 71.8 Å². The maximum Gasteiger partial charge on any atom is 0.0505 e. The first-order valence-electron chi connectivity index (χ1n) is 8.48. The zero-order valence-corrected chi connectivity index (χ0v) is 13.0. The van der Waals surface area contributed by atoms with E-state index in [2.05, 4.69) is 71.3 Å². The average molecular weight is 292 g/mol. The van der Waals surface area contributed by atoms with Crippen LogP contribution in [-0.2, 0) is 0 Å². The second kappa shape index (κ2) is 5.86. The molecule has 4 rings (SSSR count). The van der Waals surface area contributed by atoms with Gasteiger partial charge in [-0.25, -0.2) is 0 Å². The van der Waals surface area contributed by atoms with Crippen LogP contribution < -0.4 is 10.6 Å². The van der Waals surface area contributed by atoms with E-state index in [-0.39, 0.29) is 5.54 Å². The summed E-state index contributed by atoms with van der Waals surface area (Å²) in [6.45, 7) is 1.12. The fraction of sp³-hybridized carbons (Fsp3) is 0.400. The maximum atomic E-state index is 4.01. The van der Waals surface area contributed by atoms with Crippen molar-refractivity contribution in [1.82, 2.24) is 10.6 Å². The van der Waals surface area contributed by atoms with Crippen molar-refractivity contribution in [2.75, 3.05) is 6.54 Å². The van der Waals surface area contributed by atoms with Crippen molar-refractivity contribution >= 4 is 0 Å². The molecule has 0 saturated carbocycles. The number of nitrogens with one attached hydrogen (secondary N) is 2. The lowest BCUT2D eigenvalue weighted by Gasteiger charge is -2.43. The van der Waals surface area contributed by atoms with E-state index < -0.39 is 0 Å². The molecular weight excluding hydrogens is 268 g/mol. The van der Waals surface area contributed by atoms with Crippen LogP contribution >= 0.6 is 0 Å². The van der Waals surface area contributed by atoms with Crippen molar-refractivity contribution in [2.45, 2.75) is 43.3 Å². The second-order valence-electron chi connectivity index (χ2n) is 6.70. The van der Waals surface area contributed by atoms with Crippen molar-refractivity contribution < 1.29 is 0 Å². The SMILES string of the molecule is c1ccc([C@H]2NCCC[C@]23CC[C@H](c2ccccc2)N3)cc1. The monoisotopic (exact) mass is 292 g/mol. The molecule has 0 radical (unpaired) electrons. The second-order valence-corrected chi connectivity index (χ2v) is 6.70. The lowest BCUT2D eigenvalue weighted by atomic mass is 9.78. The Morgan fingerprint density at radius 3 is 2.23 bits per heavy atom. The molecule has 22 heavy (non-hydrogen) atoms. The van der Waals surface area contributed by atoms with E-state index in [0.29, 0.717) is 12.1 Å². The lowest BCUT2D eigenvalue weighted by Crippen LogP contribution is -2.54. The first-order chi connectivity index (χ1) is 10.9. The fourth-order valence-corrected chi connectivity index (χ4v) is 4.33. The van der Waals surface area contributed by atoms with Gasteiger partial charge in [-0.15, -0.1) is 0 Å². The molecule has 2 N–H and O–H groups in total. The van der Waals surface area contributed by atoms with Crippen LogP contribution in [-0.4, -0.2) is 12.1 Å². The summed E-state index contributed by atoms with van der Waals surface area (Å²) in [6.07, 6.45) is 5.01. The van der Waals surface area contributed by atoms with Gasteiger partial charge in [0.2, 0.25) is 0 Å². The Morgan fingerprint density at radius 2 is 1.50 bits per heavy atom. The van der Waals surface area contributed by atoms with E-state index in [1.165, 1.54) is 36.8 Å². The first kappa shape index (κ1) is 14.0. The molecule has 2 nitrogen and oxygen atoms in total. The molecule has 0 aromatic heterocycles. The molecule has 2 aliphatic rings. The molecule has 3 atom stereocenters. The third-order valence-corrected chi connectivity index (χ3v) is 5.38. The molecule has 2 saturated heterocycles. The van der Waals surface area contributed by atoms with Gasteiger partial charge in [0.05, 0.1) is 6.04 Å². The quantitative estimate of drug-likeness (QED) is 0.875. The molecule has 2 aliphatic heterocycles. The highest BCUT2D eigenvalue weighted by atomic mass is 15.1. The predicted octanol–water partition coefficient (Wildman–Crippen LogP) is 3.97. The van der Waals surface area contributed by atoms with Gasteiger partial charge in [0.1, 0.15) is 0 Å². The van der Waals surface area contributed by atoms with Crippen LogP contribution in [0, 0.1) is 0 Å². The Balaban J connectivity index is 1.62. The summed E-state index contributed by atoms with van der Waals surface area (Å²) < 4.78 is 0. The fourth-order valence-electron chi connectivity index (χ4n) is 4.33. The molecular formula is C20H24N2. The molecule has 2 fully saturated rings. The molecule has 2 heterocycles. The van der Waals surface area contributed by atoms with E-state index in [1.54, 1.807) is 0 Å². The van der Waals surface area contributed by atoms with E-state index in [4.69, 9.17) is 0 Å². The molecule has 1 spiro atoms. The third-order valence-electron chi connectivity index (χ3n) is 5.38. The van der Waals surface area contributed by atoms with E-state index in [9.17, 15) is 0 Å². The van der Waals surface area contributed by atoms with E-state index in [0.717, 1.165) is 6.54 Å². The Labute approximate surface area is 132 Å². The molecule has 0 amide bonds.